The molecule has 0 bridgehead atoms. The van der Waals surface area contributed by atoms with Crippen molar-refractivity contribution in [2.24, 2.45) is 5.92 Å². The molecule has 0 spiro atoms. The van der Waals surface area contributed by atoms with Gasteiger partial charge >= 0.3 is 12.3 Å². The number of nitrogens with one attached hydrogen (secondary N) is 1. The van der Waals surface area contributed by atoms with Crippen LogP contribution >= 0.6 is 0 Å². The minimum atomic E-state index is -4.42. The van der Waals surface area contributed by atoms with Gasteiger partial charge in [0.15, 0.2) is 14.1 Å². The van der Waals surface area contributed by atoms with Crippen LogP contribution in [0.5, 0.6) is 0 Å². The van der Waals surface area contributed by atoms with Crippen molar-refractivity contribution in [1.82, 2.24) is 15.1 Å². The van der Waals surface area contributed by atoms with Crippen molar-refractivity contribution in [2.45, 2.75) is 51.1 Å². The van der Waals surface area contributed by atoms with Gasteiger partial charge in [-0.1, -0.05) is 57.2 Å². The lowest BCUT2D eigenvalue weighted by atomic mass is 10.0. The van der Waals surface area contributed by atoms with Gasteiger partial charge in [0.05, 0.1) is 11.6 Å². The summed E-state index contributed by atoms with van der Waals surface area (Å²) in [5.41, 5.74) is 0.259. The number of alkyl halides is 3. The van der Waals surface area contributed by atoms with Crippen LogP contribution in [0.25, 0.3) is 22.0 Å². The predicted molar refractivity (Wildman–Crippen MR) is 144 cm³/mol. The third kappa shape index (κ3) is 5.78. The molecule has 11 heteroatoms. The normalized spacial score (nSPS) is 18.7. The maximum absolute atomic E-state index is 13.0. The van der Waals surface area contributed by atoms with Crippen LogP contribution in [0.1, 0.15) is 26.3 Å². The van der Waals surface area contributed by atoms with E-state index in [4.69, 9.17) is 4.43 Å². The summed E-state index contributed by atoms with van der Waals surface area (Å²) in [5.74, 6) is 0.404. The lowest BCUT2D eigenvalue weighted by Crippen LogP contribution is -2.43. The van der Waals surface area contributed by atoms with Crippen molar-refractivity contribution >= 4 is 31.0 Å². The third-order valence-electron chi connectivity index (χ3n) is 7.67. The molecule has 1 aliphatic rings. The molecule has 0 unspecified atom stereocenters. The van der Waals surface area contributed by atoms with Crippen LogP contribution in [0, 0.1) is 5.92 Å². The molecule has 7 nitrogen and oxygen atoms in total. The largest absolute Gasteiger partial charge is 0.465 e. The van der Waals surface area contributed by atoms with Crippen LogP contribution < -0.4 is 5.32 Å². The Labute approximate surface area is 221 Å². The van der Waals surface area contributed by atoms with Gasteiger partial charge in [0, 0.05) is 42.0 Å². The molecule has 0 aliphatic carbocycles. The second kappa shape index (κ2) is 10.2. The van der Waals surface area contributed by atoms with Gasteiger partial charge in [0.1, 0.15) is 5.69 Å². The number of benzene rings is 2. The van der Waals surface area contributed by atoms with Crippen LogP contribution in [-0.4, -0.2) is 60.4 Å². The lowest BCUT2D eigenvalue weighted by molar-refractivity contribution is -0.137. The van der Waals surface area contributed by atoms with E-state index in [0.29, 0.717) is 30.2 Å². The minimum absolute atomic E-state index is 0.0246. The Bertz CT molecular complexity index is 1310. The SMILES string of the molecule is CC(C)(C)[Si](C)(C)OC[C@H]1CN(C(=O)O)C[C@H]1Nc1nnc(-c2ccc(C(F)(F)F)cc2)c2ccccc12. The topological polar surface area (TPSA) is 87.6 Å². The van der Waals surface area contributed by atoms with E-state index in [-0.39, 0.29) is 23.5 Å². The Morgan fingerprint density at radius 2 is 1.68 bits per heavy atom. The summed E-state index contributed by atoms with van der Waals surface area (Å²) >= 11 is 0. The second-order valence-electron chi connectivity index (χ2n) is 11.3. The number of nitrogens with zero attached hydrogens (tertiary/aromatic N) is 3. The number of anilines is 1. The molecule has 2 N–H and O–H groups in total. The number of carbonyl (C=O) groups is 1. The van der Waals surface area contributed by atoms with Gasteiger partial charge < -0.3 is 19.7 Å². The molecule has 0 radical (unpaired) electrons. The van der Waals surface area contributed by atoms with Crippen molar-refractivity contribution < 1.29 is 27.5 Å². The number of amides is 1. The number of carboxylic acid groups (broad SMARTS) is 1. The average molecular weight is 547 g/mol. The first-order valence-corrected chi connectivity index (χ1v) is 15.4. The van der Waals surface area contributed by atoms with Gasteiger partial charge in [-0.2, -0.15) is 13.2 Å². The number of aromatic nitrogens is 2. The number of hydrogen-bond donors (Lipinski definition) is 2. The fraction of sp³-hybridized carbons (Fsp3) is 0.444. The molecular formula is C27H33F3N4O3Si. The first-order valence-electron chi connectivity index (χ1n) is 12.5. The smallest absolute Gasteiger partial charge is 0.416 e. The molecule has 1 aromatic heterocycles. The van der Waals surface area contributed by atoms with Gasteiger partial charge in [-0.05, 0) is 30.3 Å². The van der Waals surface area contributed by atoms with E-state index in [2.05, 4.69) is 49.4 Å². The molecule has 1 amide bonds. The zero-order chi connectivity index (χ0) is 27.9. The molecule has 4 rings (SSSR count). The number of hydrogen-bond acceptors (Lipinski definition) is 5. The van der Waals surface area contributed by atoms with Gasteiger partial charge in [-0.25, -0.2) is 4.79 Å². The molecule has 2 heterocycles. The summed E-state index contributed by atoms with van der Waals surface area (Å²) < 4.78 is 45.5. The highest BCUT2D eigenvalue weighted by Crippen LogP contribution is 2.38. The van der Waals surface area contributed by atoms with E-state index in [1.54, 1.807) is 0 Å². The fourth-order valence-electron chi connectivity index (χ4n) is 4.31. The van der Waals surface area contributed by atoms with Crippen molar-refractivity contribution in [3.63, 3.8) is 0 Å². The molecule has 1 aliphatic heterocycles. The number of halogens is 3. The molecule has 0 saturated carbocycles. The summed E-state index contributed by atoms with van der Waals surface area (Å²) in [4.78, 5) is 13.2. The fourth-order valence-corrected chi connectivity index (χ4v) is 5.37. The zero-order valence-corrected chi connectivity index (χ0v) is 23.1. The number of likely N-dealkylation sites (tertiary alicyclic amines) is 1. The molecular weight excluding hydrogens is 513 g/mol. The van der Waals surface area contributed by atoms with E-state index in [1.165, 1.54) is 17.0 Å². The quantitative estimate of drug-likeness (QED) is 0.334. The van der Waals surface area contributed by atoms with Crippen LogP contribution in [0.15, 0.2) is 48.5 Å². The third-order valence-corrected chi connectivity index (χ3v) is 12.2. The van der Waals surface area contributed by atoms with Gasteiger partial charge in [-0.3, -0.25) is 0 Å². The number of rotatable bonds is 6. The highest BCUT2D eigenvalue weighted by molar-refractivity contribution is 6.74. The summed E-state index contributed by atoms with van der Waals surface area (Å²) in [6.45, 7) is 11.9. The number of fused-ring (bicyclic) bond motifs is 1. The highest BCUT2D eigenvalue weighted by atomic mass is 28.4. The van der Waals surface area contributed by atoms with Gasteiger partial charge in [-0.15, -0.1) is 10.2 Å². The first kappa shape index (κ1) is 27.8. The summed E-state index contributed by atoms with van der Waals surface area (Å²) in [6, 6.07) is 12.0. The van der Waals surface area contributed by atoms with Crippen LogP contribution in [-0.2, 0) is 10.6 Å². The Morgan fingerprint density at radius 1 is 1.05 bits per heavy atom. The van der Waals surface area contributed by atoms with Crippen molar-refractivity contribution in [2.75, 3.05) is 25.0 Å². The predicted octanol–water partition coefficient (Wildman–Crippen LogP) is 6.73. The molecule has 2 atom stereocenters. The average Bonchev–Trinajstić information content (AvgIpc) is 3.25. The van der Waals surface area contributed by atoms with Gasteiger partial charge in [0.25, 0.3) is 0 Å². The first-order chi connectivity index (χ1) is 17.7. The summed E-state index contributed by atoms with van der Waals surface area (Å²) in [5, 5.41) is 23.3. The van der Waals surface area contributed by atoms with Gasteiger partial charge in [0.2, 0.25) is 0 Å². The second-order valence-corrected chi connectivity index (χ2v) is 16.1. The monoisotopic (exact) mass is 546 g/mol. The Kier molecular flexibility index (Phi) is 7.46. The highest BCUT2D eigenvalue weighted by Gasteiger charge is 2.41. The van der Waals surface area contributed by atoms with E-state index in [9.17, 15) is 23.1 Å². The van der Waals surface area contributed by atoms with Crippen molar-refractivity contribution in [3.05, 3.63) is 54.1 Å². The zero-order valence-electron chi connectivity index (χ0n) is 22.1. The van der Waals surface area contributed by atoms with Crippen LogP contribution in [0.2, 0.25) is 18.1 Å². The Morgan fingerprint density at radius 3 is 2.26 bits per heavy atom. The molecule has 2 aromatic carbocycles. The standard InChI is InChI=1S/C27H33F3N4O3Si/c1-26(2,3)38(4,5)37-16-18-14-34(25(35)36)15-22(18)31-24-21-9-7-6-8-20(21)23(32-33-24)17-10-12-19(13-11-17)27(28,29)30/h6-13,18,22H,14-16H2,1-5H3,(H,31,33)(H,35,36)/t18-,22-/m1/s1. The lowest BCUT2D eigenvalue weighted by Gasteiger charge is -2.37. The molecule has 204 valence electrons. The molecule has 38 heavy (non-hydrogen) atoms. The molecule has 3 aromatic rings. The maximum Gasteiger partial charge on any atom is 0.416 e. The molecule has 1 fully saturated rings. The maximum atomic E-state index is 13.0. The van der Waals surface area contributed by atoms with E-state index in [0.717, 1.165) is 22.9 Å². The van der Waals surface area contributed by atoms with Crippen molar-refractivity contribution in [3.8, 4) is 11.3 Å². The Balaban J connectivity index is 1.62. The Hall–Kier alpha value is -3.18. The van der Waals surface area contributed by atoms with E-state index >= 15 is 0 Å². The molecule has 1 saturated heterocycles. The minimum Gasteiger partial charge on any atom is -0.465 e. The van der Waals surface area contributed by atoms with Crippen LogP contribution in [0.3, 0.4) is 0 Å². The summed E-state index contributed by atoms with van der Waals surface area (Å²) in [6.07, 6.45) is -5.41. The van der Waals surface area contributed by atoms with E-state index < -0.39 is 26.2 Å². The van der Waals surface area contributed by atoms with Crippen molar-refractivity contribution in [1.29, 1.82) is 0 Å². The van der Waals surface area contributed by atoms with Crippen LogP contribution in [0.4, 0.5) is 23.8 Å². The summed E-state index contributed by atoms with van der Waals surface area (Å²) in [7, 11) is -2.04. The van der Waals surface area contributed by atoms with E-state index in [1.807, 2.05) is 24.3 Å².